The van der Waals surface area contributed by atoms with Gasteiger partial charge < -0.3 is 14.7 Å². The molecule has 3 atom stereocenters. The lowest BCUT2D eigenvalue weighted by atomic mass is 9.44. The number of hydrogen-bond acceptors (Lipinski definition) is 7. The highest BCUT2D eigenvalue weighted by molar-refractivity contribution is 5.86. The van der Waals surface area contributed by atoms with Crippen molar-refractivity contribution in [2.75, 3.05) is 6.61 Å². The summed E-state index contributed by atoms with van der Waals surface area (Å²) in [6.45, 7) is 12.7. The summed E-state index contributed by atoms with van der Waals surface area (Å²) in [4.78, 5) is 41.1. The molecule has 0 spiro atoms. The van der Waals surface area contributed by atoms with Gasteiger partial charge in [0.2, 0.25) is 0 Å². The van der Waals surface area contributed by atoms with Crippen molar-refractivity contribution in [3.05, 3.63) is 33.4 Å². The van der Waals surface area contributed by atoms with E-state index in [9.17, 15) is 24.8 Å². The average Bonchev–Trinajstić information content (AvgIpc) is 2.86. The highest BCUT2D eigenvalue weighted by Gasteiger charge is 2.59. The third kappa shape index (κ3) is 7.16. The number of ketones is 1. The molecule has 1 aromatic rings. The van der Waals surface area contributed by atoms with E-state index in [0.717, 1.165) is 63.4 Å². The lowest BCUT2D eigenvalue weighted by Gasteiger charge is -2.59. The summed E-state index contributed by atoms with van der Waals surface area (Å²) in [5.74, 6) is 0.431. The van der Waals surface area contributed by atoms with Gasteiger partial charge in [-0.1, -0.05) is 73.6 Å². The van der Waals surface area contributed by atoms with E-state index in [1.54, 1.807) is 6.07 Å². The Kier molecular flexibility index (Phi) is 10.6. The van der Waals surface area contributed by atoms with Gasteiger partial charge in [-0.25, -0.2) is 0 Å². The Bertz CT molecular complexity index is 1060. The normalized spacial score (nSPS) is 21.7. The Hall–Kier alpha value is -2.64. The number of aromatic hydroxyl groups is 1. The molecule has 0 amide bonds. The van der Waals surface area contributed by atoms with Crippen molar-refractivity contribution in [1.82, 2.24) is 0 Å². The SMILES string of the molecule is CCCC(CCC)C(=O)Oc1cc(C(C)(C)CCCCCCO[N+](=O)[O-])cc(O)c1[C@H]1CC(=O)[C@H]2C[C@@H]1C2(C)C. The molecule has 8 nitrogen and oxygen atoms in total. The minimum Gasteiger partial charge on any atom is -0.508 e. The number of nitrogens with zero attached hydrogens (tertiary/aromatic N) is 1. The summed E-state index contributed by atoms with van der Waals surface area (Å²) >= 11 is 0. The van der Waals surface area contributed by atoms with Gasteiger partial charge in [0.15, 0.2) is 0 Å². The van der Waals surface area contributed by atoms with Crippen LogP contribution in [0.5, 0.6) is 11.5 Å². The van der Waals surface area contributed by atoms with Gasteiger partial charge in [0.1, 0.15) is 17.3 Å². The summed E-state index contributed by atoms with van der Waals surface area (Å²) in [5, 5.41) is 21.0. The van der Waals surface area contributed by atoms with Gasteiger partial charge in [-0.3, -0.25) is 9.59 Å². The number of ether oxygens (including phenoxy) is 1. The molecule has 0 saturated heterocycles. The van der Waals surface area contributed by atoms with Crippen LogP contribution in [0.1, 0.15) is 129 Å². The quantitative estimate of drug-likeness (QED) is 0.0726. The van der Waals surface area contributed by atoms with Gasteiger partial charge in [-0.15, -0.1) is 10.1 Å². The number of benzene rings is 1. The smallest absolute Gasteiger partial charge is 0.314 e. The van der Waals surface area contributed by atoms with Crippen LogP contribution in [0.3, 0.4) is 0 Å². The number of carbonyl (C=O) groups is 2. The number of phenols is 1. The highest BCUT2D eigenvalue weighted by Crippen LogP contribution is 2.64. The van der Waals surface area contributed by atoms with Crippen molar-refractivity contribution < 1.29 is 29.4 Å². The molecule has 2 bridgehead atoms. The van der Waals surface area contributed by atoms with E-state index in [2.05, 4.69) is 46.4 Å². The zero-order valence-electron chi connectivity index (χ0n) is 25.3. The first-order valence-corrected chi connectivity index (χ1v) is 15.2. The van der Waals surface area contributed by atoms with Crippen LogP contribution < -0.4 is 4.74 Å². The van der Waals surface area contributed by atoms with E-state index in [4.69, 9.17) is 4.74 Å². The van der Waals surface area contributed by atoms with Gasteiger partial charge in [0.05, 0.1) is 12.5 Å². The van der Waals surface area contributed by atoms with Crippen LogP contribution in [0, 0.1) is 33.3 Å². The molecule has 3 saturated carbocycles. The summed E-state index contributed by atoms with van der Waals surface area (Å²) in [6, 6.07) is 3.73. The van der Waals surface area contributed by atoms with E-state index < -0.39 is 5.09 Å². The number of carbonyl (C=O) groups excluding carboxylic acids is 2. The van der Waals surface area contributed by atoms with E-state index in [1.165, 1.54) is 0 Å². The second-order valence-electron chi connectivity index (χ2n) is 13.2. The second kappa shape index (κ2) is 13.3. The van der Waals surface area contributed by atoms with Crippen LogP contribution >= 0.6 is 0 Å². The van der Waals surface area contributed by atoms with Gasteiger partial charge in [-0.05, 0) is 66.5 Å². The lowest BCUT2D eigenvalue weighted by molar-refractivity contribution is -0.757. The van der Waals surface area contributed by atoms with Crippen LogP contribution in [-0.2, 0) is 19.8 Å². The maximum absolute atomic E-state index is 13.4. The molecule has 0 heterocycles. The fourth-order valence-electron chi connectivity index (χ4n) is 7.03. The molecule has 0 unspecified atom stereocenters. The zero-order chi connectivity index (χ0) is 29.7. The van der Waals surface area contributed by atoms with E-state index in [-0.39, 0.29) is 58.6 Å². The van der Waals surface area contributed by atoms with Crippen LogP contribution in [-0.4, -0.2) is 28.6 Å². The fourth-order valence-corrected chi connectivity index (χ4v) is 7.03. The van der Waals surface area contributed by atoms with Crippen molar-refractivity contribution in [2.24, 2.45) is 23.2 Å². The number of fused-ring (bicyclic) bond motifs is 2. The largest absolute Gasteiger partial charge is 0.508 e. The molecule has 3 aliphatic rings. The predicted molar refractivity (Wildman–Crippen MR) is 154 cm³/mol. The first-order chi connectivity index (χ1) is 18.8. The standard InChI is InChI=1S/C32H49NO7/c1-7-13-21(14-8-2)30(36)40-28-18-22(31(3,4)15-11-9-10-12-16-39-33(37)38)17-27(35)29(28)23-19-26(34)25-20-24(23)32(25,5)6/h17-18,21,23-25,35H,7-16,19-20H2,1-6H3/t23-,24-,25+/m0/s1. The molecule has 1 N–H and O–H groups in total. The van der Waals surface area contributed by atoms with Crippen LogP contribution in [0.25, 0.3) is 0 Å². The Morgan fingerprint density at radius 3 is 2.38 bits per heavy atom. The maximum Gasteiger partial charge on any atom is 0.314 e. The summed E-state index contributed by atoms with van der Waals surface area (Å²) < 4.78 is 6.16. The Labute approximate surface area is 239 Å². The van der Waals surface area contributed by atoms with Crippen LogP contribution in [0.15, 0.2) is 12.1 Å². The molecule has 40 heavy (non-hydrogen) atoms. The minimum absolute atomic E-state index is 0.0738. The molecule has 8 heteroatoms. The Balaban J connectivity index is 1.87. The summed E-state index contributed by atoms with van der Waals surface area (Å²) in [6.07, 6.45) is 8.59. The van der Waals surface area contributed by atoms with E-state index >= 15 is 0 Å². The Morgan fingerprint density at radius 1 is 1.15 bits per heavy atom. The summed E-state index contributed by atoms with van der Waals surface area (Å²) in [7, 11) is 0. The third-order valence-corrected chi connectivity index (χ3v) is 9.62. The molecule has 0 aromatic heterocycles. The van der Waals surface area contributed by atoms with Gasteiger partial charge in [0, 0.05) is 23.8 Å². The average molecular weight is 560 g/mol. The van der Waals surface area contributed by atoms with Gasteiger partial charge in [0.25, 0.3) is 5.09 Å². The van der Waals surface area contributed by atoms with Crippen molar-refractivity contribution in [3.63, 3.8) is 0 Å². The number of rotatable bonds is 16. The first-order valence-electron chi connectivity index (χ1n) is 15.2. The fraction of sp³-hybridized carbons (Fsp3) is 0.750. The molecule has 3 fully saturated rings. The van der Waals surface area contributed by atoms with E-state index in [1.807, 2.05) is 6.07 Å². The monoisotopic (exact) mass is 559 g/mol. The van der Waals surface area contributed by atoms with Crippen molar-refractivity contribution >= 4 is 11.8 Å². The molecule has 3 aliphatic carbocycles. The molecule has 0 radical (unpaired) electrons. The van der Waals surface area contributed by atoms with Crippen molar-refractivity contribution in [3.8, 4) is 11.5 Å². The van der Waals surface area contributed by atoms with Gasteiger partial charge in [-0.2, -0.15) is 0 Å². The van der Waals surface area contributed by atoms with Crippen LogP contribution in [0.2, 0.25) is 0 Å². The topological polar surface area (TPSA) is 116 Å². The molecular formula is C32H49NO7. The number of Topliss-reactive ketones (excluding diaryl/α,β-unsaturated/α-hetero) is 1. The molecule has 4 rings (SSSR count). The molecule has 1 aromatic carbocycles. The van der Waals surface area contributed by atoms with Crippen LogP contribution in [0.4, 0.5) is 0 Å². The van der Waals surface area contributed by atoms with Crippen molar-refractivity contribution in [1.29, 1.82) is 0 Å². The number of hydrogen-bond donors (Lipinski definition) is 1. The first kappa shape index (κ1) is 31.9. The number of unbranched alkanes of at least 4 members (excludes halogenated alkanes) is 3. The van der Waals surface area contributed by atoms with E-state index in [0.29, 0.717) is 24.2 Å². The Morgan fingerprint density at radius 2 is 1.80 bits per heavy atom. The lowest BCUT2D eigenvalue weighted by Crippen LogP contribution is -2.56. The summed E-state index contributed by atoms with van der Waals surface area (Å²) in [5.41, 5.74) is 1.06. The second-order valence-corrected chi connectivity index (χ2v) is 13.2. The molecular weight excluding hydrogens is 510 g/mol. The van der Waals surface area contributed by atoms with Crippen molar-refractivity contribution in [2.45, 2.75) is 124 Å². The maximum atomic E-state index is 13.4. The molecule has 224 valence electrons. The number of phenolic OH excluding ortho intramolecular Hbond substituents is 1. The highest BCUT2D eigenvalue weighted by atomic mass is 16.9. The van der Waals surface area contributed by atoms with Gasteiger partial charge >= 0.3 is 5.97 Å². The zero-order valence-corrected chi connectivity index (χ0v) is 25.3. The molecule has 0 aliphatic heterocycles. The number of esters is 1. The third-order valence-electron chi connectivity index (χ3n) is 9.62. The predicted octanol–water partition coefficient (Wildman–Crippen LogP) is 7.67. The minimum atomic E-state index is -0.760.